The minimum atomic E-state index is -0.978. The van der Waals surface area contributed by atoms with Gasteiger partial charge in [0.15, 0.2) is 5.11 Å². The molecule has 5 nitrogen and oxygen atoms in total. The summed E-state index contributed by atoms with van der Waals surface area (Å²) in [7, 11) is 0. The van der Waals surface area contributed by atoms with Gasteiger partial charge in [-0.25, -0.2) is 4.79 Å². The van der Waals surface area contributed by atoms with Crippen molar-refractivity contribution in [1.82, 2.24) is 5.32 Å². The van der Waals surface area contributed by atoms with Crippen molar-refractivity contribution in [3.8, 4) is 0 Å². The smallest absolute Gasteiger partial charge is 0.335 e. The van der Waals surface area contributed by atoms with Crippen LogP contribution in [0.2, 0.25) is 0 Å². The molecule has 0 atom stereocenters. The SMILES string of the molecule is Cc1cc(C(=O)O)ccc1NC(=S)NC(=O)CCC(C)C. The number of nitrogens with one attached hydrogen (secondary N) is 2. The van der Waals surface area contributed by atoms with Crippen molar-refractivity contribution in [2.45, 2.75) is 33.6 Å². The van der Waals surface area contributed by atoms with Gasteiger partial charge < -0.3 is 15.7 Å². The number of benzene rings is 1. The summed E-state index contributed by atoms with van der Waals surface area (Å²) in [6, 6.07) is 4.67. The molecular formula is C15H20N2O3S. The molecule has 0 heterocycles. The summed E-state index contributed by atoms with van der Waals surface area (Å²) in [6.45, 7) is 5.88. The van der Waals surface area contributed by atoms with Gasteiger partial charge >= 0.3 is 5.97 Å². The normalized spacial score (nSPS) is 10.3. The van der Waals surface area contributed by atoms with Crippen LogP contribution < -0.4 is 10.6 Å². The fourth-order valence-electron chi connectivity index (χ4n) is 1.70. The van der Waals surface area contributed by atoms with Crippen LogP contribution in [0.4, 0.5) is 5.69 Å². The number of thiocarbonyl (C=S) groups is 1. The van der Waals surface area contributed by atoms with Crippen LogP contribution in [0.25, 0.3) is 0 Å². The average molecular weight is 308 g/mol. The highest BCUT2D eigenvalue weighted by atomic mass is 32.1. The number of aryl methyl sites for hydroxylation is 1. The van der Waals surface area contributed by atoms with Crippen LogP contribution in [0.3, 0.4) is 0 Å². The van der Waals surface area contributed by atoms with Gasteiger partial charge in [0.1, 0.15) is 0 Å². The third-order valence-corrected chi connectivity index (χ3v) is 3.13. The second kappa shape index (κ2) is 7.73. The molecule has 0 radical (unpaired) electrons. The Bertz CT molecular complexity index is 556. The van der Waals surface area contributed by atoms with E-state index in [1.165, 1.54) is 6.07 Å². The summed E-state index contributed by atoms with van der Waals surface area (Å²) in [6.07, 6.45) is 1.23. The second-order valence-electron chi connectivity index (χ2n) is 5.27. The molecule has 3 N–H and O–H groups in total. The molecule has 0 fully saturated rings. The molecule has 0 saturated heterocycles. The van der Waals surface area contributed by atoms with E-state index in [1.54, 1.807) is 19.1 Å². The first-order valence-electron chi connectivity index (χ1n) is 6.74. The van der Waals surface area contributed by atoms with Crippen LogP contribution in [0, 0.1) is 12.8 Å². The topological polar surface area (TPSA) is 78.4 Å². The van der Waals surface area contributed by atoms with Crippen molar-refractivity contribution in [2.75, 3.05) is 5.32 Å². The lowest BCUT2D eigenvalue weighted by molar-refractivity contribution is -0.119. The van der Waals surface area contributed by atoms with Gasteiger partial charge in [-0.3, -0.25) is 4.79 Å². The summed E-state index contributed by atoms with van der Waals surface area (Å²) >= 11 is 5.08. The van der Waals surface area contributed by atoms with E-state index in [2.05, 4.69) is 24.5 Å². The third kappa shape index (κ3) is 5.91. The van der Waals surface area contributed by atoms with Crippen LogP contribution in [0.5, 0.6) is 0 Å². The lowest BCUT2D eigenvalue weighted by atomic mass is 10.1. The molecule has 0 aliphatic rings. The standard InChI is InChI=1S/C15H20N2O3S/c1-9(2)4-7-13(18)17-15(21)16-12-6-5-11(14(19)20)8-10(12)3/h5-6,8-9H,4,7H2,1-3H3,(H,19,20)(H2,16,17,18,21). The fraction of sp³-hybridized carbons (Fsp3) is 0.400. The number of carbonyl (C=O) groups excluding carboxylic acids is 1. The highest BCUT2D eigenvalue weighted by Crippen LogP contribution is 2.16. The zero-order valence-electron chi connectivity index (χ0n) is 12.4. The Morgan fingerprint density at radius 2 is 2.00 bits per heavy atom. The fourth-order valence-corrected chi connectivity index (χ4v) is 1.92. The molecule has 1 amide bonds. The van der Waals surface area contributed by atoms with Gasteiger partial charge in [0.2, 0.25) is 5.91 Å². The van der Waals surface area contributed by atoms with Crippen LogP contribution >= 0.6 is 12.2 Å². The number of carboxylic acid groups (broad SMARTS) is 1. The Labute approximate surface area is 129 Å². The lowest BCUT2D eigenvalue weighted by Gasteiger charge is -2.12. The van der Waals surface area contributed by atoms with Crippen LogP contribution in [0.15, 0.2) is 18.2 Å². The predicted octanol–water partition coefficient (Wildman–Crippen LogP) is 2.94. The van der Waals surface area contributed by atoms with E-state index in [-0.39, 0.29) is 16.6 Å². The monoisotopic (exact) mass is 308 g/mol. The maximum Gasteiger partial charge on any atom is 0.335 e. The highest BCUT2D eigenvalue weighted by molar-refractivity contribution is 7.80. The molecule has 0 unspecified atom stereocenters. The van der Waals surface area contributed by atoms with E-state index < -0.39 is 5.97 Å². The maximum absolute atomic E-state index is 11.7. The van der Waals surface area contributed by atoms with Crippen LogP contribution in [-0.4, -0.2) is 22.1 Å². The van der Waals surface area contributed by atoms with Gasteiger partial charge in [0.05, 0.1) is 5.56 Å². The number of carbonyl (C=O) groups is 2. The van der Waals surface area contributed by atoms with E-state index in [1.807, 2.05) is 0 Å². The zero-order chi connectivity index (χ0) is 16.0. The summed E-state index contributed by atoms with van der Waals surface area (Å²) < 4.78 is 0. The van der Waals surface area contributed by atoms with Gasteiger partial charge in [-0.15, -0.1) is 0 Å². The predicted molar refractivity (Wildman–Crippen MR) is 86.6 cm³/mol. The number of hydrogen-bond acceptors (Lipinski definition) is 3. The van der Waals surface area contributed by atoms with Crippen molar-refractivity contribution in [3.63, 3.8) is 0 Å². The molecule has 0 saturated carbocycles. The molecule has 21 heavy (non-hydrogen) atoms. The van der Waals surface area contributed by atoms with Gasteiger partial charge in [-0.2, -0.15) is 0 Å². The van der Waals surface area contributed by atoms with Crippen molar-refractivity contribution < 1.29 is 14.7 Å². The Kier molecular flexibility index (Phi) is 6.30. The first-order chi connectivity index (χ1) is 9.79. The molecule has 114 valence electrons. The number of aromatic carboxylic acids is 1. The summed E-state index contributed by atoms with van der Waals surface area (Å²) in [5.41, 5.74) is 1.63. The molecule has 0 aliphatic carbocycles. The first kappa shape index (κ1) is 17.1. The first-order valence-corrected chi connectivity index (χ1v) is 7.15. The number of carboxylic acids is 1. The van der Waals surface area contributed by atoms with Gasteiger partial charge in [-0.1, -0.05) is 13.8 Å². The summed E-state index contributed by atoms with van der Waals surface area (Å²) in [4.78, 5) is 22.5. The minimum absolute atomic E-state index is 0.124. The molecule has 0 bridgehead atoms. The van der Waals surface area contributed by atoms with Crippen molar-refractivity contribution >= 4 is 34.9 Å². The second-order valence-corrected chi connectivity index (χ2v) is 5.68. The highest BCUT2D eigenvalue weighted by Gasteiger charge is 2.09. The number of rotatable bonds is 5. The van der Waals surface area contributed by atoms with E-state index in [0.717, 1.165) is 12.0 Å². The number of anilines is 1. The molecule has 0 spiro atoms. The van der Waals surface area contributed by atoms with Crippen molar-refractivity contribution in [2.24, 2.45) is 5.92 Å². The maximum atomic E-state index is 11.7. The lowest BCUT2D eigenvalue weighted by Crippen LogP contribution is -2.34. The zero-order valence-corrected chi connectivity index (χ0v) is 13.2. The molecule has 1 rings (SSSR count). The Morgan fingerprint density at radius 1 is 1.33 bits per heavy atom. The molecular weight excluding hydrogens is 288 g/mol. The van der Waals surface area contributed by atoms with Crippen molar-refractivity contribution in [3.05, 3.63) is 29.3 Å². The number of amides is 1. The molecule has 1 aromatic rings. The van der Waals surface area contributed by atoms with Crippen LogP contribution in [0.1, 0.15) is 42.6 Å². The van der Waals surface area contributed by atoms with Crippen molar-refractivity contribution in [1.29, 1.82) is 0 Å². The van der Waals surface area contributed by atoms with Gasteiger partial charge in [0, 0.05) is 12.1 Å². The largest absolute Gasteiger partial charge is 0.478 e. The summed E-state index contributed by atoms with van der Waals surface area (Å²) in [5.74, 6) is -0.640. The summed E-state index contributed by atoms with van der Waals surface area (Å²) in [5, 5.41) is 14.6. The average Bonchev–Trinajstić information content (AvgIpc) is 2.38. The minimum Gasteiger partial charge on any atom is -0.478 e. The Morgan fingerprint density at radius 3 is 2.52 bits per heavy atom. The Hall–Kier alpha value is -1.95. The van der Waals surface area contributed by atoms with Gasteiger partial charge in [0.25, 0.3) is 0 Å². The third-order valence-electron chi connectivity index (χ3n) is 2.92. The number of hydrogen-bond donors (Lipinski definition) is 3. The molecule has 6 heteroatoms. The van der Waals surface area contributed by atoms with Gasteiger partial charge in [-0.05, 0) is 55.2 Å². The van der Waals surface area contributed by atoms with E-state index in [0.29, 0.717) is 18.0 Å². The molecule has 0 aliphatic heterocycles. The van der Waals surface area contributed by atoms with E-state index in [4.69, 9.17) is 17.3 Å². The van der Waals surface area contributed by atoms with E-state index >= 15 is 0 Å². The Balaban J connectivity index is 2.59. The van der Waals surface area contributed by atoms with Crippen LogP contribution in [-0.2, 0) is 4.79 Å². The van der Waals surface area contributed by atoms with E-state index in [9.17, 15) is 9.59 Å². The molecule has 1 aromatic carbocycles. The molecule has 0 aromatic heterocycles. The quantitative estimate of drug-likeness (QED) is 0.729.